The van der Waals surface area contributed by atoms with Gasteiger partial charge >= 0.3 is 39.5 Å². The summed E-state index contributed by atoms with van der Waals surface area (Å²) in [5.74, 6) is -2.12. The van der Waals surface area contributed by atoms with Gasteiger partial charge in [-0.15, -0.1) is 0 Å². The van der Waals surface area contributed by atoms with Crippen LogP contribution in [0.15, 0.2) is 12.2 Å². The molecule has 2 unspecified atom stereocenters. The van der Waals surface area contributed by atoms with Crippen molar-refractivity contribution in [2.75, 3.05) is 39.6 Å². The summed E-state index contributed by atoms with van der Waals surface area (Å²) in [6.45, 7) is 5.01. The van der Waals surface area contributed by atoms with Crippen molar-refractivity contribution >= 4 is 39.5 Å². The van der Waals surface area contributed by atoms with E-state index in [0.717, 1.165) is 103 Å². The van der Waals surface area contributed by atoms with Crippen molar-refractivity contribution in [1.82, 2.24) is 0 Å². The van der Waals surface area contributed by atoms with E-state index in [4.69, 9.17) is 37.0 Å². The SMILES string of the molecule is CCCCCCCC/C=C\CCCCCCCC(=O)O[C@H](COC(=O)CCCCCCCCCCCCCCCCCCC)COP(=O)(O)OC[C@@H](O)COP(=O)(O)OC[C@@H](COC(=O)CCCCCCCCCCCCCCCCC)OC(=O)CCCCCCCCCCCCCCC. The molecule has 0 spiro atoms. The Morgan fingerprint density at radius 1 is 0.270 bits per heavy atom. The summed E-state index contributed by atoms with van der Waals surface area (Å²) >= 11 is 0. The molecule has 0 aliphatic carbocycles. The van der Waals surface area contributed by atoms with Gasteiger partial charge in [-0.1, -0.05) is 361 Å². The van der Waals surface area contributed by atoms with E-state index < -0.39 is 97.5 Å². The van der Waals surface area contributed by atoms with Crippen molar-refractivity contribution in [2.45, 2.75) is 444 Å². The van der Waals surface area contributed by atoms with Gasteiger partial charge in [0.15, 0.2) is 12.2 Å². The van der Waals surface area contributed by atoms with E-state index in [1.54, 1.807) is 0 Å². The third kappa shape index (κ3) is 74.1. The maximum atomic E-state index is 13.1. The summed E-state index contributed by atoms with van der Waals surface area (Å²) in [5.41, 5.74) is 0. The molecular weight excluding hydrogens is 1310 g/mol. The Morgan fingerprint density at radius 2 is 0.460 bits per heavy atom. The molecule has 17 nitrogen and oxygen atoms in total. The molecule has 0 fully saturated rings. The highest BCUT2D eigenvalue weighted by molar-refractivity contribution is 7.47. The highest BCUT2D eigenvalue weighted by Crippen LogP contribution is 2.45. The van der Waals surface area contributed by atoms with Crippen LogP contribution in [0.1, 0.15) is 426 Å². The molecule has 0 saturated heterocycles. The molecular formula is C81H156O17P2. The van der Waals surface area contributed by atoms with Crippen LogP contribution in [0.5, 0.6) is 0 Å². The van der Waals surface area contributed by atoms with Gasteiger partial charge in [0.1, 0.15) is 19.3 Å². The predicted molar refractivity (Wildman–Crippen MR) is 409 cm³/mol. The summed E-state index contributed by atoms with van der Waals surface area (Å²) in [6, 6.07) is 0. The standard InChI is InChI=1S/C81H156O17P2/c1-5-9-13-17-21-25-29-33-36-37-40-43-46-50-54-58-62-66-79(84)92-72-77(98-81(86)68-64-60-56-52-48-44-39-35-31-27-23-19-15-11-7-3)74-96-100(89,90)94-70-75(82)69-93-99(87,88)95-73-76(97-80(85)67-63-59-55-51-47-41-32-28-24-20-16-12-8-4)71-91-78(83)65-61-57-53-49-45-42-38-34-30-26-22-18-14-10-6-2/h35,39,75-77,82H,5-34,36-38,40-74H2,1-4H3,(H,87,88)(H,89,90)/b39-35-/t75-,76+,77+/m0/s1. The Bertz CT molecular complexity index is 1940. The number of ether oxygens (including phenoxy) is 4. The van der Waals surface area contributed by atoms with Crippen molar-refractivity contribution < 1.29 is 80.2 Å². The molecule has 100 heavy (non-hydrogen) atoms. The monoisotopic (exact) mass is 1460 g/mol. The van der Waals surface area contributed by atoms with Crippen LogP contribution in [0.4, 0.5) is 0 Å². The summed E-state index contributed by atoms with van der Waals surface area (Å²) in [6.07, 6.45) is 68.9. The minimum atomic E-state index is -4.96. The molecule has 0 saturated carbocycles. The first-order valence-corrected chi connectivity index (χ1v) is 44.9. The number of phosphoric ester groups is 2. The van der Waals surface area contributed by atoms with Gasteiger partial charge in [0, 0.05) is 25.7 Å². The molecule has 0 heterocycles. The summed E-state index contributed by atoms with van der Waals surface area (Å²) < 4.78 is 68.7. The van der Waals surface area contributed by atoms with E-state index in [0.29, 0.717) is 25.7 Å². The minimum absolute atomic E-state index is 0.0954. The number of esters is 4. The van der Waals surface area contributed by atoms with E-state index in [1.807, 2.05) is 0 Å². The average Bonchev–Trinajstić information content (AvgIpc) is 0.932. The van der Waals surface area contributed by atoms with Gasteiger partial charge in [0.05, 0.1) is 26.4 Å². The van der Waals surface area contributed by atoms with Crippen LogP contribution in [0.2, 0.25) is 0 Å². The van der Waals surface area contributed by atoms with Gasteiger partial charge in [0.2, 0.25) is 0 Å². The maximum Gasteiger partial charge on any atom is 0.472 e. The van der Waals surface area contributed by atoms with Crippen molar-refractivity contribution in [3.63, 3.8) is 0 Å². The molecule has 0 aromatic heterocycles. The molecule has 0 aliphatic rings. The van der Waals surface area contributed by atoms with Gasteiger partial charge in [-0.25, -0.2) is 9.13 Å². The van der Waals surface area contributed by atoms with Crippen LogP contribution in [-0.2, 0) is 65.4 Å². The van der Waals surface area contributed by atoms with E-state index in [2.05, 4.69) is 39.8 Å². The Balaban J connectivity index is 5.27. The van der Waals surface area contributed by atoms with Gasteiger partial charge in [-0.05, 0) is 51.4 Å². The molecule has 0 rings (SSSR count). The second-order valence-corrected chi connectivity index (χ2v) is 31.7. The molecule has 0 aliphatic heterocycles. The number of aliphatic hydroxyl groups is 1. The highest BCUT2D eigenvalue weighted by Gasteiger charge is 2.30. The second kappa shape index (κ2) is 75.0. The molecule has 19 heteroatoms. The van der Waals surface area contributed by atoms with Crippen molar-refractivity contribution in [2.24, 2.45) is 0 Å². The first-order chi connectivity index (χ1) is 48.7. The number of hydrogen-bond acceptors (Lipinski definition) is 15. The first kappa shape index (κ1) is 97.8. The number of hydrogen-bond donors (Lipinski definition) is 3. The Morgan fingerprint density at radius 3 is 0.690 bits per heavy atom. The van der Waals surface area contributed by atoms with Crippen LogP contribution in [0.25, 0.3) is 0 Å². The van der Waals surface area contributed by atoms with E-state index in [9.17, 15) is 43.2 Å². The van der Waals surface area contributed by atoms with E-state index >= 15 is 0 Å². The number of unbranched alkanes of at least 4 members (excludes halogenated alkanes) is 53. The van der Waals surface area contributed by atoms with Crippen molar-refractivity contribution in [3.8, 4) is 0 Å². The number of rotatable bonds is 81. The molecule has 3 N–H and O–H groups in total. The number of carbonyl (C=O) groups is 4. The lowest BCUT2D eigenvalue weighted by Crippen LogP contribution is -2.30. The van der Waals surface area contributed by atoms with Gasteiger partial charge in [0.25, 0.3) is 0 Å². The largest absolute Gasteiger partial charge is 0.472 e. The lowest BCUT2D eigenvalue weighted by molar-refractivity contribution is -0.161. The van der Waals surface area contributed by atoms with Crippen LogP contribution >= 0.6 is 15.6 Å². The Hall–Kier alpha value is -2.20. The Labute approximate surface area is 612 Å². The van der Waals surface area contributed by atoms with Crippen molar-refractivity contribution in [1.29, 1.82) is 0 Å². The smallest absolute Gasteiger partial charge is 0.462 e. The van der Waals surface area contributed by atoms with Gasteiger partial charge in [-0.2, -0.15) is 0 Å². The molecule has 0 radical (unpaired) electrons. The zero-order chi connectivity index (χ0) is 73.2. The third-order valence-corrected chi connectivity index (χ3v) is 20.7. The number of carbonyl (C=O) groups excluding carboxylic acids is 4. The topological polar surface area (TPSA) is 237 Å². The van der Waals surface area contributed by atoms with Gasteiger partial charge in [-0.3, -0.25) is 37.3 Å². The minimum Gasteiger partial charge on any atom is -0.462 e. The summed E-state index contributed by atoms with van der Waals surface area (Å²) in [4.78, 5) is 73.1. The van der Waals surface area contributed by atoms with E-state index in [1.165, 1.54) is 244 Å². The fraction of sp³-hybridized carbons (Fsp3) is 0.926. The van der Waals surface area contributed by atoms with Crippen molar-refractivity contribution in [3.05, 3.63) is 12.2 Å². The molecule has 5 atom stereocenters. The zero-order valence-corrected chi connectivity index (χ0v) is 66.7. The van der Waals surface area contributed by atoms with E-state index in [-0.39, 0.29) is 25.7 Å². The predicted octanol–water partition coefficient (Wildman–Crippen LogP) is 24.3. The third-order valence-electron chi connectivity index (χ3n) is 18.8. The summed E-state index contributed by atoms with van der Waals surface area (Å²) in [5, 5.41) is 10.6. The van der Waals surface area contributed by atoms with Crippen LogP contribution in [0, 0.1) is 0 Å². The molecule has 0 aromatic carbocycles. The molecule has 0 aromatic rings. The fourth-order valence-electron chi connectivity index (χ4n) is 12.3. The lowest BCUT2D eigenvalue weighted by Gasteiger charge is -2.21. The molecule has 0 bridgehead atoms. The molecule has 0 amide bonds. The Kier molecular flexibility index (Phi) is 73.4. The number of phosphoric acid groups is 2. The van der Waals surface area contributed by atoms with Crippen LogP contribution < -0.4 is 0 Å². The first-order valence-electron chi connectivity index (χ1n) is 41.9. The number of allylic oxidation sites excluding steroid dienone is 2. The zero-order valence-electron chi connectivity index (χ0n) is 64.9. The molecule has 592 valence electrons. The van der Waals surface area contributed by atoms with Crippen LogP contribution in [-0.4, -0.2) is 96.7 Å². The lowest BCUT2D eigenvalue weighted by atomic mass is 10.0. The normalized spacial score (nSPS) is 13.9. The average molecular weight is 1460 g/mol. The summed E-state index contributed by atoms with van der Waals surface area (Å²) in [7, 11) is -9.93. The second-order valence-electron chi connectivity index (χ2n) is 28.8. The quantitative estimate of drug-likeness (QED) is 0.0169. The van der Waals surface area contributed by atoms with Crippen LogP contribution in [0.3, 0.4) is 0 Å². The fourth-order valence-corrected chi connectivity index (χ4v) is 13.9. The number of aliphatic hydroxyl groups excluding tert-OH is 1. The maximum absolute atomic E-state index is 13.1. The highest BCUT2D eigenvalue weighted by atomic mass is 31.2. The van der Waals surface area contributed by atoms with Gasteiger partial charge < -0.3 is 33.8 Å².